The molecule has 0 bridgehead atoms. The minimum Gasteiger partial charge on any atom is -0.394 e. The van der Waals surface area contributed by atoms with Crippen molar-refractivity contribution in [2.45, 2.75) is 43.9 Å². The van der Waals surface area contributed by atoms with Crippen molar-refractivity contribution >= 4 is 17.0 Å². The van der Waals surface area contributed by atoms with Gasteiger partial charge in [0.05, 0.1) is 18.6 Å². The Morgan fingerprint density at radius 1 is 1.30 bits per heavy atom. The summed E-state index contributed by atoms with van der Waals surface area (Å²) >= 11 is 0. The van der Waals surface area contributed by atoms with Crippen molar-refractivity contribution in [2.75, 3.05) is 19.0 Å². The first-order valence-corrected chi connectivity index (χ1v) is 8.55. The molecule has 0 aromatic carbocycles. The number of aliphatic hydroxyl groups is 3. The Morgan fingerprint density at radius 2 is 2.07 bits per heavy atom. The van der Waals surface area contributed by atoms with Gasteiger partial charge in [0.2, 0.25) is 0 Å². The molecule has 2 aliphatic heterocycles. The maximum absolute atomic E-state index is 10.3. The van der Waals surface area contributed by atoms with Gasteiger partial charge in [-0.15, -0.1) is 0 Å². The number of hydrogen-bond acceptors (Lipinski definition) is 10. The molecular formula is C16H21N7O4. The lowest BCUT2D eigenvalue weighted by Gasteiger charge is -2.19. The van der Waals surface area contributed by atoms with E-state index in [9.17, 15) is 15.3 Å². The molecule has 1 fully saturated rings. The molecule has 0 radical (unpaired) electrons. The van der Waals surface area contributed by atoms with Crippen LogP contribution < -0.4 is 5.32 Å². The van der Waals surface area contributed by atoms with E-state index in [4.69, 9.17) is 4.74 Å². The number of aliphatic hydroxyl groups excluding tert-OH is 3. The average molecular weight is 375 g/mol. The highest BCUT2D eigenvalue weighted by Crippen LogP contribution is 2.36. The predicted molar refractivity (Wildman–Crippen MR) is 93.8 cm³/mol. The van der Waals surface area contributed by atoms with Crippen LogP contribution >= 0.6 is 0 Å². The summed E-state index contributed by atoms with van der Waals surface area (Å²) in [5, 5.41) is 41.0. The molecule has 2 aromatic rings. The van der Waals surface area contributed by atoms with Gasteiger partial charge in [0, 0.05) is 7.05 Å². The Morgan fingerprint density at radius 3 is 2.67 bits per heavy atom. The number of fused-ring (bicyclic) bond motifs is 1. The standard InChI is InChI=1S/C16H21N7O4/c1-7-4-16(2,22-21-7)15-19-12(17-3)9-13(20-15)23(6-18-9)14-11(26)10(25)8(5-24)27-14/h4,6,8,10-11,14,24-26H,5H2,1-3H3,(H,17,19,20)/t8-,10-,11-,14-,16?/m1/s1. The number of hydrogen-bond donors (Lipinski definition) is 4. The minimum absolute atomic E-state index is 0.411. The topological polar surface area (TPSA) is 150 Å². The summed E-state index contributed by atoms with van der Waals surface area (Å²) in [4.78, 5) is 13.4. The number of azo groups is 1. The monoisotopic (exact) mass is 375 g/mol. The van der Waals surface area contributed by atoms with Gasteiger partial charge in [-0.1, -0.05) is 0 Å². The van der Waals surface area contributed by atoms with Crippen LogP contribution in [0.3, 0.4) is 0 Å². The third-order valence-electron chi connectivity index (χ3n) is 4.81. The van der Waals surface area contributed by atoms with E-state index in [0.29, 0.717) is 22.8 Å². The van der Waals surface area contributed by atoms with Crippen LogP contribution in [0.5, 0.6) is 0 Å². The number of aromatic nitrogens is 4. The molecule has 0 aliphatic carbocycles. The Hall–Kier alpha value is -2.47. The van der Waals surface area contributed by atoms with E-state index in [1.54, 1.807) is 7.05 Å². The first kappa shape index (κ1) is 17.9. The van der Waals surface area contributed by atoms with Gasteiger partial charge in [-0.05, 0) is 19.9 Å². The average Bonchev–Trinajstić information content (AvgIpc) is 3.32. The van der Waals surface area contributed by atoms with Gasteiger partial charge in [0.15, 0.2) is 34.6 Å². The Kier molecular flexibility index (Phi) is 4.18. The van der Waals surface area contributed by atoms with Crippen LogP contribution in [0.25, 0.3) is 11.2 Å². The second-order valence-electron chi connectivity index (χ2n) is 6.83. The number of anilines is 1. The molecule has 2 aliphatic rings. The minimum atomic E-state index is -1.24. The van der Waals surface area contributed by atoms with Gasteiger partial charge in [-0.3, -0.25) is 4.57 Å². The molecular weight excluding hydrogens is 354 g/mol. The quantitative estimate of drug-likeness (QED) is 0.586. The van der Waals surface area contributed by atoms with Crippen LogP contribution in [0, 0.1) is 0 Å². The number of nitrogens with zero attached hydrogens (tertiary/aromatic N) is 6. The van der Waals surface area contributed by atoms with Crippen LogP contribution in [0.2, 0.25) is 0 Å². The normalized spacial score (nSPS) is 33.0. The van der Waals surface area contributed by atoms with Crippen LogP contribution in [-0.2, 0) is 10.3 Å². The summed E-state index contributed by atoms with van der Waals surface area (Å²) < 4.78 is 7.13. The van der Waals surface area contributed by atoms with Gasteiger partial charge in [0.25, 0.3) is 0 Å². The molecule has 5 atom stereocenters. The summed E-state index contributed by atoms with van der Waals surface area (Å²) in [6.45, 7) is 3.28. The van der Waals surface area contributed by atoms with Crippen molar-refractivity contribution in [1.29, 1.82) is 0 Å². The maximum Gasteiger partial charge on any atom is 0.168 e. The van der Waals surface area contributed by atoms with Gasteiger partial charge in [-0.2, -0.15) is 10.2 Å². The van der Waals surface area contributed by atoms with Crippen molar-refractivity contribution in [3.8, 4) is 0 Å². The van der Waals surface area contributed by atoms with E-state index >= 15 is 0 Å². The van der Waals surface area contributed by atoms with Gasteiger partial charge in [0.1, 0.15) is 18.3 Å². The Labute approximate surface area is 154 Å². The molecule has 1 saturated heterocycles. The fraction of sp³-hybridized carbons (Fsp3) is 0.562. The second kappa shape index (κ2) is 6.30. The summed E-state index contributed by atoms with van der Waals surface area (Å²) in [7, 11) is 1.72. The van der Waals surface area contributed by atoms with E-state index in [1.807, 2.05) is 19.9 Å². The molecule has 4 N–H and O–H groups in total. The zero-order valence-corrected chi connectivity index (χ0v) is 15.1. The van der Waals surface area contributed by atoms with Crippen molar-refractivity contribution in [1.82, 2.24) is 19.5 Å². The van der Waals surface area contributed by atoms with E-state index in [0.717, 1.165) is 5.70 Å². The van der Waals surface area contributed by atoms with E-state index < -0.39 is 36.7 Å². The third kappa shape index (κ3) is 2.70. The highest BCUT2D eigenvalue weighted by molar-refractivity contribution is 5.83. The highest BCUT2D eigenvalue weighted by atomic mass is 16.6. The number of ether oxygens (including phenoxy) is 1. The lowest BCUT2D eigenvalue weighted by Crippen LogP contribution is -2.33. The number of nitrogens with one attached hydrogen (secondary N) is 1. The molecule has 2 aromatic heterocycles. The zero-order valence-electron chi connectivity index (χ0n) is 15.1. The zero-order chi connectivity index (χ0) is 19.3. The number of imidazole rings is 1. The first-order chi connectivity index (χ1) is 12.9. The molecule has 0 spiro atoms. The van der Waals surface area contributed by atoms with Crippen LogP contribution in [0.15, 0.2) is 28.3 Å². The molecule has 1 unspecified atom stereocenters. The third-order valence-corrected chi connectivity index (χ3v) is 4.81. The van der Waals surface area contributed by atoms with E-state index in [-0.39, 0.29) is 0 Å². The van der Waals surface area contributed by atoms with Crippen molar-refractivity contribution in [2.24, 2.45) is 10.2 Å². The Balaban J connectivity index is 1.85. The van der Waals surface area contributed by atoms with E-state index in [2.05, 4.69) is 30.5 Å². The van der Waals surface area contributed by atoms with Crippen LogP contribution in [0.1, 0.15) is 25.9 Å². The first-order valence-electron chi connectivity index (χ1n) is 8.55. The van der Waals surface area contributed by atoms with E-state index in [1.165, 1.54) is 10.9 Å². The molecule has 144 valence electrons. The molecule has 27 heavy (non-hydrogen) atoms. The molecule has 4 heterocycles. The van der Waals surface area contributed by atoms with Crippen molar-refractivity contribution < 1.29 is 20.1 Å². The van der Waals surface area contributed by atoms with Gasteiger partial charge < -0.3 is 25.4 Å². The smallest absolute Gasteiger partial charge is 0.168 e. The number of allylic oxidation sites excluding steroid dienone is 1. The molecule has 11 nitrogen and oxygen atoms in total. The van der Waals surface area contributed by atoms with Crippen molar-refractivity contribution in [3.63, 3.8) is 0 Å². The molecule has 11 heteroatoms. The Bertz CT molecular complexity index is 942. The molecule has 0 saturated carbocycles. The maximum atomic E-state index is 10.3. The largest absolute Gasteiger partial charge is 0.394 e. The van der Waals surface area contributed by atoms with Crippen molar-refractivity contribution in [3.05, 3.63) is 23.9 Å². The molecule has 4 rings (SSSR count). The van der Waals surface area contributed by atoms with Crippen LogP contribution in [0.4, 0.5) is 5.82 Å². The lowest BCUT2D eigenvalue weighted by molar-refractivity contribution is -0.0511. The SMILES string of the molecule is CNc1nc(C2(C)C=C(C)N=N2)nc2c1ncn2[C@@H]1O[C@H](CO)[C@@H](O)[C@H]1O. The summed E-state index contributed by atoms with van der Waals surface area (Å²) in [6.07, 6.45) is -0.955. The van der Waals surface area contributed by atoms with Gasteiger partial charge >= 0.3 is 0 Å². The highest BCUT2D eigenvalue weighted by Gasteiger charge is 2.44. The summed E-state index contributed by atoms with van der Waals surface area (Å²) in [5.41, 5.74) is 0.845. The lowest BCUT2D eigenvalue weighted by atomic mass is 10.0. The fourth-order valence-electron chi connectivity index (χ4n) is 3.37. The molecule has 0 amide bonds. The second-order valence-corrected chi connectivity index (χ2v) is 6.83. The summed E-state index contributed by atoms with van der Waals surface area (Å²) in [6, 6.07) is 0. The van der Waals surface area contributed by atoms with Gasteiger partial charge in [-0.25, -0.2) is 15.0 Å². The number of rotatable bonds is 4. The fourth-order valence-corrected chi connectivity index (χ4v) is 3.37. The summed E-state index contributed by atoms with van der Waals surface area (Å²) in [5.74, 6) is 0.906. The predicted octanol–water partition coefficient (Wildman–Crippen LogP) is 0.0643. The van der Waals surface area contributed by atoms with Crippen LogP contribution in [-0.4, -0.2) is 66.8 Å².